The fourth-order valence-electron chi connectivity index (χ4n) is 1.49. The van der Waals surface area contributed by atoms with Crippen molar-refractivity contribution in [3.8, 4) is 0 Å². The molecule has 1 heterocycles. The predicted molar refractivity (Wildman–Crippen MR) is 68.6 cm³/mol. The van der Waals surface area contributed by atoms with Gasteiger partial charge in [0.25, 0.3) is 5.91 Å². The number of halogens is 1. The van der Waals surface area contributed by atoms with E-state index in [9.17, 15) is 4.79 Å². The number of hydrogen-bond acceptors (Lipinski definition) is 2. The van der Waals surface area contributed by atoms with Crippen LogP contribution in [0, 0.1) is 6.92 Å². The maximum absolute atomic E-state index is 11.9. The molecule has 0 atom stereocenters. The van der Waals surface area contributed by atoms with Crippen LogP contribution in [0.1, 0.15) is 21.6 Å². The van der Waals surface area contributed by atoms with E-state index >= 15 is 0 Å². The summed E-state index contributed by atoms with van der Waals surface area (Å²) in [5.41, 5.74) is 2.51. The minimum Gasteiger partial charge on any atom is -0.347 e. The number of aromatic amines is 1. The zero-order valence-corrected chi connectivity index (χ0v) is 10.9. The first-order chi connectivity index (χ1) is 8.16. The molecule has 0 aliphatic heterocycles. The highest BCUT2D eigenvalue weighted by Gasteiger charge is 2.09. The van der Waals surface area contributed by atoms with Crippen molar-refractivity contribution in [2.75, 3.05) is 0 Å². The van der Waals surface area contributed by atoms with E-state index in [-0.39, 0.29) is 5.91 Å². The Bertz CT molecular complexity index is 523. The van der Waals surface area contributed by atoms with Gasteiger partial charge in [0.15, 0.2) is 0 Å². The van der Waals surface area contributed by atoms with E-state index in [1.807, 2.05) is 25.1 Å². The van der Waals surface area contributed by atoms with Crippen LogP contribution in [-0.4, -0.2) is 15.9 Å². The second-order valence-electron chi connectivity index (χ2n) is 3.72. The number of H-pyrrole nitrogens is 1. The molecular formula is C12H12BrN3O. The lowest BCUT2D eigenvalue weighted by Gasteiger charge is -2.07. The van der Waals surface area contributed by atoms with Crippen LogP contribution >= 0.6 is 15.9 Å². The van der Waals surface area contributed by atoms with Gasteiger partial charge in [0.1, 0.15) is 0 Å². The average Bonchev–Trinajstić information content (AvgIpc) is 2.82. The molecular weight excluding hydrogens is 282 g/mol. The van der Waals surface area contributed by atoms with Crippen molar-refractivity contribution in [3.05, 3.63) is 52.0 Å². The van der Waals surface area contributed by atoms with Gasteiger partial charge in [0.05, 0.1) is 18.6 Å². The van der Waals surface area contributed by atoms with Gasteiger partial charge in [-0.1, -0.05) is 22.0 Å². The summed E-state index contributed by atoms with van der Waals surface area (Å²) >= 11 is 3.36. The summed E-state index contributed by atoms with van der Waals surface area (Å²) in [5.74, 6) is -0.0848. The molecule has 1 amide bonds. The summed E-state index contributed by atoms with van der Waals surface area (Å²) in [6.45, 7) is 2.36. The molecule has 0 aliphatic rings. The molecule has 88 valence electrons. The van der Waals surface area contributed by atoms with Gasteiger partial charge in [-0.25, -0.2) is 4.98 Å². The lowest BCUT2D eigenvalue weighted by atomic mass is 10.1. The van der Waals surface area contributed by atoms with Gasteiger partial charge in [0, 0.05) is 16.2 Å². The highest BCUT2D eigenvalue weighted by molar-refractivity contribution is 9.10. The van der Waals surface area contributed by atoms with E-state index in [2.05, 4.69) is 31.2 Å². The maximum Gasteiger partial charge on any atom is 0.251 e. The fourth-order valence-corrected chi connectivity index (χ4v) is 1.85. The molecule has 0 radical (unpaired) electrons. The number of imidazole rings is 1. The lowest BCUT2D eigenvalue weighted by Crippen LogP contribution is -2.23. The monoisotopic (exact) mass is 293 g/mol. The molecule has 0 saturated carbocycles. The number of nitrogens with zero attached hydrogens (tertiary/aromatic N) is 1. The third-order valence-corrected chi connectivity index (χ3v) is 2.93. The third-order valence-electron chi connectivity index (χ3n) is 2.44. The number of benzene rings is 1. The Morgan fingerprint density at radius 1 is 1.53 bits per heavy atom. The number of nitrogens with one attached hydrogen (secondary N) is 2. The van der Waals surface area contributed by atoms with E-state index in [1.54, 1.807) is 12.5 Å². The Morgan fingerprint density at radius 3 is 3.06 bits per heavy atom. The SMILES string of the molecule is Cc1ccc(Br)cc1C(=O)NCc1cnc[nH]1. The summed E-state index contributed by atoms with van der Waals surface area (Å²) in [6, 6.07) is 5.65. The van der Waals surface area contributed by atoms with Crippen molar-refractivity contribution in [3.63, 3.8) is 0 Å². The Balaban J connectivity index is 2.07. The first-order valence-corrected chi connectivity index (χ1v) is 5.97. The van der Waals surface area contributed by atoms with Crippen LogP contribution in [0.2, 0.25) is 0 Å². The second kappa shape index (κ2) is 5.14. The quantitative estimate of drug-likeness (QED) is 0.913. The standard InChI is InChI=1S/C12H12BrN3O/c1-8-2-3-9(13)4-11(8)12(17)15-6-10-5-14-7-16-10/h2-5,7H,6H2,1H3,(H,14,16)(H,15,17). The van der Waals surface area contributed by atoms with E-state index in [0.717, 1.165) is 15.7 Å². The molecule has 17 heavy (non-hydrogen) atoms. The van der Waals surface area contributed by atoms with E-state index in [4.69, 9.17) is 0 Å². The summed E-state index contributed by atoms with van der Waals surface area (Å²) in [5, 5.41) is 2.84. The van der Waals surface area contributed by atoms with Gasteiger partial charge in [-0.3, -0.25) is 4.79 Å². The molecule has 2 rings (SSSR count). The van der Waals surface area contributed by atoms with Crippen LogP contribution < -0.4 is 5.32 Å². The lowest BCUT2D eigenvalue weighted by molar-refractivity contribution is 0.0950. The van der Waals surface area contributed by atoms with E-state index in [0.29, 0.717) is 12.1 Å². The number of carbonyl (C=O) groups is 1. The summed E-state index contributed by atoms with van der Waals surface area (Å²) in [4.78, 5) is 18.8. The Labute approximate surface area is 108 Å². The van der Waals surface area contributed by atoms with Gasteiger partial charge >= 0.3 is 0 Å². The first-order valence-electron chi connectivity index (χ1n) is 5.18. The Kier molecular flexibility index (Phi) is 3.58. The molecule has 0 saturated heterocycles. The largest absolute Gasteiger partial charge is 0.347 e. The fraction of sp³-hybridized carbons (Fsp3) is 0.167. The summed E-state index contributed by atoms with van der Waals surface area (Å²) in [6.07, 6.45) is 3.28. The normalized spacial score (nSPS) is 10.2. The van der Waals surface area contributed by atoms with Crippen molar-refractivity contribution < 1.29 is 4.79 Å². The number of hydrogen-bond donors (Lipinski definition) is 2. The molecule has 2 aromatic rings. The second-order valence-corrected chi connectivity index (χ2v) is 4.63. The van der Waals surface area contributed by atoms with Crippen molar-refractivity contribution in [1.29, 1.82) is 0 Å². The van der Waals surface area contributed by atoms with E-state index in [1.165, 1.54) is 0 Å². The maximum atomic E-state index is 11.9. The van der Waals surface area contributed by atoms with E-state index < -0.39 is 0 Å². The van der Waals surface area contributed by atoms with Gasteiger partial charge in [-0.15, -0.1) is 0 Å². The molecule has 0 bridgehead atoms. The Morgan fingerprint density at radius 2 is 2.35 bits per heavy atom. The zero-order valence-electron chi connectivity index (χ0n) is 9.33. The zero-order chi connectivity index (χ0) is 12.3. The average molecular weight is 294 g/mol. The van der Waals surface area contributed by atoms with Crippen molar-refractivity contribution >= 4 is 21.8 Å². The molecule has 1 aromatic heterocycles. The molecule has 0 spiro atoms. The van der Waals surface area contributed by atoms with Crippen molar-refractivity contribution in [2.45, 2.75) is 13.5 Å². The predicted octanol–water partition coefficient (Wildman–Crippen LogP) is 2.41. The van der Waals surface area contributed by atoms with Gasteiger partial charge in [-0.05, 0) is 24.6 Å². The number of amides is 1. The first kappa shape index (κ1) is 11.9. The molecule has 2 N–H and O–H groups in total. The number of carbonyl (C=O) groups excluding carboxylic acids is 1. The Hall–Kier alpha value is -1.62. The van der Waals surface area contributed by atoms with Crippen LogP contribution in [-0.2, 0) is 6.54 Å². The molecule has 5 heteroatoms. The minimum atomic E-state index is -0.0848. The number of rotatable bonds is 3. The minimum absolute atomic E-state index is 0.0848. The van der Waals surface area contributed by atoms with Crippen LogP contribution in [0.3, 0.4) is 0 Å². The number of aryl methyl sites for hydroxylation is 1. The van der Waals surface area contributed by atoms with Crippen molar-refractivity contribution in [1.82, 2.24) is 15.3 Å². The van der Waals surface area contributed by atoms with Gasteiger partial charge in [0.2, 0.25) is 0 Å². The smallest absolute Gasteiger partial charge is 0.251 e. The molecule has 4 nitrogen and oxygen atoms in total. The topological polar surface area (TPSA) is 57.8 Å². The van der Waals surface area contributed by atoms with Crippen LogP contribution in [0.15, 0.2) is 35.2 Å². The highest BCUT2D eigenvalue weighted by atomic mass is 79.9. The number of aromatic nitrogens is 2. The highest BCUT2D eigenvalue weighted by Crippen LogP contribution is 2.15. The summed E-state index contributed by atoms with van der Waals surface area (Å²) < 4.78 is 0.898. The molecule has 1 aromatic carbocycles. The summed E-state index contributed by atoms with van der Waals surface area (Å²) in [7, 11) is 0. The van der Waals surface area contributed by atoms with Gasteiger partial charge in [-0.2, -0.15) is 0 Å². The molecule has 0 aliphatic carbocycles. The third kappa shape index (κ3) is 2.94. The molecule has 0 unspecified atom stereocenters. The van der Waals surface area contributed by atoms with Gasteiger partial charge < -0.3 is 10.3 Å². The van der Waals surface area contributed by atoms with Crippen LogP contribution in [0.25, 0.3) is 0 Å². The molecule has 0 fully saturated rings. The van der Waals surface area contributed by atoms with Crippen molar-refractivity contribution in [2.24, 2.45) is 0 Å². The van der Waals surface area contributed by atoms with Crippen LogP contribution in [0.4, 0.5) is 0 Å². The van der Waals surface area contributed by atoms with Crippen LogP contribution in [0.5, 0.6) is 0 Å².